The second-order valence-corrected chi connectivity index (χ2v) is 10.9. The number of hydrogen-bond donors (Lipinski definition) is 0. The van der Waals surface area contributed by atoms with E-state index in [2.05, 4.69) is 158 Å². The van der Waals surface area contributed by atoms with E-state index in [1.54, 1.807) is 0 Å². The Morgan fingerprint density at radius 1 is 0.682 bits per heavy atom. The normalized spacial score (nSPS) is 14.7. The smallest absolute Gasteiger partial charge is 0.130 e. The van der Waals surface area contributed by atoms with E-state index in [0.29, 0.717) is 0 Å². The van der Waals surface area contributed by atoms with Crippen molar-refractivity contribution in [3.05, 3.63) is 192 Å². The molecule has 0 N–H and O–H groups in total. The predicted octanol–water partition coefficient (Wildman–Crippen LogP) is 10.9. The Morgan fingerprint density at radius 3 is 2.11 bits per heavy atom. The van der Waals surface area contributed by atoms with Gasteiger partial charge in [-0.05, 0) is 71.2 Å². The number of rotatable bonds is 7. The van der Waals surface area contributed by atoms with E-state index in [4.69, 9.17) is 4.74 Å². The number of ether oxygens (including phenoxy) is 1. The highest BCUT2D eigenvalue weighted by Crippen LogP contribution is 2.37. The molecule has 0 saturated heterocycles. The maximum Gasteiger partial charge on any atom is 0.130 e. The van der Waals surface area contributed by atoms with Crippen molar-refractivity contribution in [1.29, 1.82) is 0 Å². The second kappa shape index (κ2) is 11.9. The van der Waals surface area contributed by atoms with Crippen LogP contribution in [0.15, 0.2) is 170 Å². The molecule has 0 aliphatic carbocycles. The third-order valence-electron chi connectivity index (χ3n) is 8.27. The van der Waals surface area contributed by atoms with Gasteiger partial charge in [0, 0.05) is 22.8 Å². The lowest BCUT2D eigenvalue weighted by atomic mass is 10.0. The van der Waals surface area contributed by atoms with Crippen LogP contribution in [-0.2, 0) is 6.42 Å². The van der Waals surface area contributed by atoms with Crippen molar-refractivity contribution in [2.24, 2.45) is 0 Å². The first-order valence-electron chi connectivity index (χ1n) is 15.1. The molecule has 5 aromatic carbocycles. The fraction of sp³-hybridized carbons (Fsp3) is 0.0476. The average Bonchev–Trinajstić information content (AvgIpc) is 3.65. The lowest BCUT2D eigenvalue weighted by Gasteiger charge is -2.15. The maximum atomic E-state index is 6.08. The third-order valence-corrected chi connectivity index (χ3v) is 8.27. The standard InChI is InChI=1S/C42H33NO/c1-3-30(23-25-36-27-35-19-11-14-22-42(35)44-36)34-24-26-40-38(28-34)37-20-12-13-21-39(37)43(40)41(33-17-9-6-10-18-33)29-31(4-2)32-15-7-5-8-16-32/h3-26,28-29H,1,27H2,2H3/b30-23+,31-4+,36-25+,41-29-. The van der Waals surface area contributed by atoms with Crippen LogP contribution in [0.4, 0.5) is 0 Å². The van der Waals surface area contributed by atoms with Gasteiger partial charge < -0.3 is 9.30 Å². The second-order valence-electron chi connectivity index (χ2n) is 10.9. The van der Waals surface area contributed by atoms with Crippen LogP contribution in [0.5, 0.6) is 5.75 Å². The zero-order valence-corrected chi connectivity index (χ0v) is 24.8. The Bertz CT molecular complexity index is 2090. The first-order valence-corrected chi connectivity index (χ1v) is 15.1. The van der Waals surface area contributed by atoms with Gasteiger partial charge in [-0.15, -0.1) is 0 Å². The number of hydrogen-bond acceptors (Lipinski definition) is 1. The van der Waals surface area contributed by atoms with Crippen molar-refractivity contribution in [1.82, 2.24) is 4.57 Å². The largest absolute Gasteiger partial charge is 0.461 e. The zero-order valence-electron chi connectivity index (χ0n) is 24.8. The van der Waals surface area contributed by atoms with Crippen molar-refractivity contribution in [3.8, 4) is 5.75 Å². The molecule has 1 aromatic heterocycles. The van der Waals surface area contributed by atoms with Gasteiger partial charge in [0.15, 0.2) is 0 Å². The molecule has 1 aliphatic heterocycles. The molecule has 0 spiro atoms. The molecule has 0 fully saturated rings. The fourth-order valence-corrected chi connectivity index (χ4v) is 6.08. The van der Waals surface area contributed by atoms with Gasteiger partial charge in [-0.2, -0.15) is 0 Å². The van der Waals surface area contributed by atoms with Crippen molar-refractivity contribution >= 4 is 38.6 Å². The van der Waals surface area contributed by atoms with Crippen LogP contribution < -0.4 is 4.74 Å². The monoisotopic (exact) mass is 567 g/mol. The highest BCUT2D eigenvalue weighted by atomic mass is 16.5. The minimum Gasteiger partial charge on any atom is -0.461 e. The summed E-state index contributed by atoms with van der Waals surface area (Å²) in [6.07, 6.45) is 11.4. The van der Waals surface area contributed by atoms with Crippen LogP contribution in [0.2, 0.25) is 0 Å². The average molecular weight is 568 g/mol. The molecule has 44 heavy (non-hydrogen) atoms. The summed E-state index contributed by atoms with van der Waals surface area (Å²) >= 11 is 0. The fourth-order valence-electron chi connectivity index (χ4n) is 6.08. The molecule has 2 nitrogen and oxygen atoms in total. The lowest BCUT2D eigenvalue weighted by molar-refractivity contribution is 0.446. The summed E-state index contributed by atoms with van der Waals surface area (Å²) in [5.41, 5.74) is 10.4. The number of nitrogens with zero attached hydrogens (tertiary/aromatic N) is 1. The van der Waals surface area contributed by atoms with Crippen LogP contribution in [0.25, 0.3) is 38.6 Å². The molecule has 0 amide bonds. The Labute approximate surface area is 258 Å². The summed E-state index contributed by atoms with van der Waals surface area (Å²) in [4.78, 5) is 0. The topological polar surface area (TPSA) is 14.2 Å². The molecule has 0 radical (unpaired) electrons. The quantitative estimate of drug-likeness (QED) is 0.175. The van der Waals surface area contributed by atoms with Gasteiger partial charge in [0.25, 0.3) is 0 Å². The van der Waals surface area contributed by atoms with Gasteiger partial charge in [0.1, 0.15) is 11.5 Å². The zero-order chi connectivity index (χ0) is 29.9. The molecule has 212 valence electrons. The van der Waals surface area contributed by atoms with Crippen LogP contribution in [0, 0.1) is 0 Å². The minimum absolute atomic E-state index is 0.801. The van der Waals surface area contributed by atoms with Crippen molar-refractivity contribution in [2.75, 3.05) is 0 Å². The molecule has 6 aromatic rings. The highest BCUT2D eigenvalue weighted by Gasteiger charge is 2.18. The minimum atomic E-state index is 0.801. The van der Waals surface area contributed by atoms with Gasteiger partial charge in [-0.25, -0.2) is 0 Å². The molecular weight excluding hydrogens is 534 g/mol. The number of benzene rings is 5. The summed E-state index contributed by atoms with van der Waals surface area (Å²) in [7, 11) is 0. The summed E-state index contributed by atoms with van der Waals surface area (Å²) < 4.78 is 8.48. The van der Waals surface area contributed by atoms with E-state index >= 15 is 0 Å². The summed E-state index contributed by atoms with van der Waals surface area (Å²) in [5.74, 6) is 1.89. The predicted molar refractivity (Wildman–Crippen MR) is 186 cm³/mol. The van der Waals surface area contributed by atoms with Gasteiger partial charge >= 0.3 is 0 Å². The third kappa shape index (κ3) is 5.12. The summed E-state index contributed by atoms with van der Waals surface area (Å²) in [6, 6.07) is 44.9. The van der Waals surface area contributed by atoms with E-state index in [9.17, 15) is 0 Å². The molecule has 0 unspecified atom stereocenters. The first-order chi connectivity index (χ1) is 21.7. The van der Waals surface area contributed by atoms with Crippen molar-refractivity contribution in [2.45, 2.75) is 13.3 Å². The molecule has 7 rings (SSSR count). The Balaban J connectivity index is 1.37. The Kier molecular flexibility index (Phi) is 7.40. The van der Waals surface area contributed by atoms with Gasteiger partial charge in [0.2, 0.25) is 0 Å². The van der Waals surface area contributed by atoms with Crippen LogP contribution in [-0.4, -0.2) is 4.57 Å². The first kappa shape index (κ1) is 27.2. The van der Waals surface area contributed by atoms with Crippen LogP contribution in [0.3, 0.4) is 0 Å². The number of para-hydroxylation sites is 2. The Hall–Kier alpha value is -5.60. The Morgan fingerprint density at radius 2 is 1.36 bits per heavy atom. The van der Waals surface area contributed by atoms with Gasteiger partial charge in [0.05, 0.1) is 16.7 Å². The number of aromatic nitrogens is 1. The van der Waals surface area contributed by atoms with Crippen molar-refractivity contribution < 1.29 is 4.74 Å². The molecule has 0 saturated carbocycles. The molecular formula is C42H33NO. The lowest BCUT2D eigenvalue weighted by Crippen LogP contribution is -2.00. The SMILES string of the molecule is C=C/C(=C\C=C1/Cc2ccccc2O1)c1ccc2c(c1)c1ccccc1n2/C(=C\C(=C/C)c1ccccc1)c1ccccc1. The van der Waals surface area contributed by atoms with E-state index in [-0.39, 0.29) is 0 Å². The molecule has 1 aliphatic rings. The molecule has 0 bridgehead atoms. The molecule has 2 heterocycles. The number of allylic oxidation sites excluding steroid dienone is 8. The molecule has 0 atom stereocenters. The highest BCUT2D eigenvalue weighted by molar-refractivity contribution is 6.12. The van der Waals surface area contributed by atoms with E-state index in [1.165, 1.54) is 33.0 Å². The van der Waals surface area contributed by atoms with E-state index in [0.717, 1.165) is 45.8 Å². The van der Waals surface area contributed by atoms with E-state index in [1.807, 2.05) is 18.2 Å². The van der Waals surface area contributed by atoms with Crippen LogP contribution >= 0.6 is 0 Å². The number of fused-ring (bicyclic) bond motifs is 4. The summed E-state index contributed by atoms with van der Waals surface area (Å²) in [5, 5.41) is 2.41. The maximum absolute atomic E-state index is 6.08. The summed E-state index contributed by atoms with van der Waals surface area (Å²) in [6.45, 7) is 6.25. The van der Waals surface area contributed by atoms with E-state index < -0.39 is 0 Å². The van der Waals surface area contributed by atoms with Gasteiger partial charge in [-0.3, -0.25) is 0 Å². The van der Waals surface area contributed by atoms with Gasteiger partial charge in [-0.1, -0.05) is 128 Å². The van der Waals surface area contributed by atoms with Crippen LogP contribution in [0.1, 0.15) is 29.2 Å². The van der Waals surface area contributed by atoms with Crippen molar-refractivity contribution in [3.63, 3.8) is 0 Å². The molecule has 2 heteroatoms.